The number of nitrogens with one attached hydrogen (secondary N) is 1. The number of nitrogens with two attached hydrogens (primary N) is 1. The van der Waals surface area contributed by atoms with Gasteiger partial charge in [-0.2, -0.15) is 0 Å². The van der Waals surface area contributed by atoms with Crippen molar-refractivity contribution >= 4 is 34.4 Å². The minimum Gasteiger partial charge on any atom is -0.444 e. The van der Waals surface area contributed by atoms with E-state index in [2.05, 4.69) is 15.3 Å². The third-order valence-electron chi connectivity index (χ3n) is 4.10. The molecule has 10 heteroatoms. The van der Waals surface area contributed by atoms with Crippen LogP contribution in [0.25, 0.3) is 16.6 Å². The van der Waals surface area contributed by atoms with E-state index in [1.54, 1.807) is 33.8 Å². The Labute approximate surface area is 176 Å². The number of rotatable bonds is 3. The van der Waals surface area contributed by atoms with Gasteiger partial charge in [0.05, 0.1) is 33.9 Å². The summed E-state index contributed by atoms with van der Waals surface area (Å²) in [6.45, 7) is 6.85. The molecule has 30 heavy (non-hydrogen) atoms. The van der Waals surface area contributed by atoms with E-state index in [1.165, 1.54) is 22.9 Å². The van der Waals surface area contributed by atoms with Gasteiger partial charge in [0, 0.05) is 0 Å². The highest BCUT2D eigenvalue weighted by molar-refractivity contribution is 6.35. The number of carbonyl (C=O) groups is 1. The van der Waals surface area contributed by atoms with Crippen LogP contribution >= 0.6 is 11.6 Å². The van der Waals surface area contributed by atoms with Crippen LogP contribution in [0.4, 0.5) is 15.0 Å². The maximum atomic E-state index is 14.0. The molecule has 2 heterocycles. The van der Waals surface area contributed by atoms with Crippen molar-refractivity contribution in [2.24, 2.45) is 0 Å². The van der Waals surface area contributed by atoms with Crippen molar-refractivity contribution in [1.29, 1.82) is 0 Å². The van der Waals surface area contributed by atoms with Gasteiger partial charge in [0.2, 0.25) is 0 Å². The number of fused-ring (bicyclic) bond motifs is 1. The van der Waals surface area contributed by atoms with Crippen LogP contribution in [0.1, 0.15) is 39.6 Å². The van der Waals surface area contributed by atoms with Crippen LogP contribution in [0, 0.1) is 5.82 Å². The van der Waals surface area contributed by atoms with E-state index in [1.807, 2.05) is 0 Å². The molecular weight excluding hydrogens is 413 g/mol. The third-order valence-corrected chi connectivity index (χ3v) is 4.47. The number of nitrogen functional groups attached to an aromatic ring is 1. The molecule has 1 aromatic carbocycles. The number of anilines is 1. The smallest absolute Gasteiger partial charge is 0.408 e. The van der Waals surface area contributed by atoms with Gasteiger partial charge in [-0.3, -0.25) is 9.36 Å². The third kappa shape index (κ3) is 4.35. The van der Waals surface area contributed by atoms with Crippen molar-refractivity contribution in [3.05, 3.63) is 57.5 Å². The van der Waals surface area contributed by atoms with E-state index in [0.29, 0.717) is 5.69 Å². The SMILES string of the molecule is C[C@H](NC(=O)OC(C)(C)C)c1nc2ccc(F)c(Cl)c2c(=O)n1-c1ccc(N)nc1. The number of alkyl carbamates (subject to hydrolysis) is 1. The molecule has 0 aliphatic carbocycles. The van der Waals surface area contributed by atoms with Gasteiger partial charge in [-0.05, 0) is 52.0 Å². The fraction of sp³-hybridized carbons (Fsp3) is 0.300. The topological polar surface area (TPSA) is 112 Å². The van der Waals surface area contributed by atoms with Crippen molar-refractivity contribution in [2.45, 2.75) is 39.3 Å². The molecule has 0 fully saturated rings. The van der Waals surface area contributed by atoms with E-state index >= 15 is 0 Å². The molecule has 0 aliphatic heterocycles. The number of carbonyl (C=O) groups excluding carboxylic acids is 1. The van der Waals surface area contributed by atoms with E-state index in [9.17, 15) is 14.0 Å². The molecule has 3 N–H and O–H groups in total. The number of pyridine rings is 1. The second-order valence-corrected chi connectivity index (χ2v) is 8.05. The quantitative estimate of drug-likeness (QED) is 0.650. The molecule has 0 radical (unpaired) electrons. The van der Waals surface area contributed by atoms with Gasteiger partial charge in [0.25, 0.3) is 5.56 Å². The van der Waals surface area contributed by atoms with Crippen LogP contribution in [0.15, 0.2) is 35.3 Å². The Balaban J connectivity index is 2.20. The minimum absolute atomic E-state index is 0.0818. The van der Waals surface area contributed by atoms with E-state index in [0.717, 1.165) is 6.07 Å². The summed E-state index contributed by atoms with van der Waals surface area (Å²) in [4.78, 5) is 34.0. The minimum atomic E-state index is -0.738. The van der Waals surface area contributed by atoms with Crippen LogP contribution in [0.3, 0.4) is 0 Å². The Bertz CT molecular complexity index is 1170. The van der Waals surface area contributed by atoms with Crippen LogP contribution in [-0.4, -0.2) is 26.2 Å². The molecule has 158 valence electrons. The molecule has 0 aliphatic rings. The van der Waals surface area contributed by atoms with Crippen LogP contribution in [0.2, 0.25) is 5.02 Å². The van der Waals surface area contributed by atoms with E-state index < -0.39 is 29.1 Å². The Morgan fingerprint density at radius 2 is 2.00 bits per heavy atom. The summed E-state index contributed by atoms with van der Waals surface area (Å²) >= 11 is 6.05. The Hall–Kier alpha value is -3.20. The van der Waals surface area contributed by atoms with E-state index in [4.69, 9.17) is 22.1 Å². The van der Waals surface area contributed by atoms with Gasteiger partial charge in [0.1, 0.15) is 23.1 Å². The first-order valence-electron chi connectivity index (χ1n) is 9.10. The van der Waals surface area contributed by atoms with Gasteiger partial charge in [0.15, 0.2) is 0 Å². The molecule has 1 atom stereocenters. The highest BCUT2D eigenvalue weighted by atomic mass is 35.5. The Morgan fingerprint density at radius 3 is 2.60 bits per heavy atom. The number of halogens is 2. The standard InChI is InChI=1S/C20H21ClFN5O3/c1-10(25-19(29)30-20(2,3)4)17-26-13-7-6-12(22)16(21)15(13)18(28)27(17)11-5-8-14(23)24-9-11/h5-10H,1-4H3,(H2,23,24)(H,25,29)/t10-/m0/s1. The highest BCUT2D eigenvalue weighted by Gasteiger charge is 2.24. The largest absolute Gasteiger partial charge is 0.444 e. The predicted octanol–water partition coefficient (Wildman–Crippen LogP) is 3.74. The first-order valence-corrected chi connectivity index (χ1v) is 9.48. The number of ether oxygens (including phenoxy) is 1. The zero-order valence-corrected chi connectivity index (χ0v) is 17.6. The lowest BCUT2D eigenvalue weighted by atomic mass is 10.2. The van der Waals surface area contributed by atoms with Gasteiger partial charge >= 0.3 is 6.09 Å². The number of nitrogens with zero attached hydrogens (tertiary/aromatic N) is 3. The Kier molecular flexibility index (Phi) is 5.67. The number of amides is 1. The van der Waals surface area contributed by atoms with Crippen LogP contribution in [-0.2, 0) is 4.74 Å². The molecular formula is C20H21ClFN5O3. The van der Waals surface area contributed by atoms with Gasteiger partial charge in [-0.1, -0.05) is 11.6 Å². The van der Waals surface area contributed by atoms with Crippen LogP contribution in [0.5, 0.6) is 0 Å². The summed E-state index contributed by atoms with van der Waals surface area (Å²) in [5, 5.41) is 2.24. The van der Waals surface area contributed by atoms with Gasteiger partial charge < -0.3 is 15.8 Å². The fourth-order valence-electron chi connectivity index (χ4n) is 2.84. The average molecular weight is 434 g/mol. The van der Waals surface area contributed by atoms with Gasteiger partial charge in [-0.25, -0.2) is 19.2 Å². The normalized spacial score (nSPS) is 12.6. The van der Waals surface area contributed by atoms with Crippen molar-refractivity contribution < 1.29 is 13.9 Å². The highest BCUT2D eigenvalue weighted by Crippen LogP contribution is 2.25. The maximum absolute atomic E-state index is 14.0. The molecule has 2 aromatic heterocycles. The molecule has 3 rings (SSSR count). The molecule has 1 amide bonds. The van der Waals surface area contributed by atoms with E-state index in [-0.39, 0.29) is 27.6 Å². The van der Waals surface area contributed by atoms with Crippen molar-refractivity contribution in [3.63, 3.8) is 0 Å². The predicted molar refractivity (Wildman–Crippen MR) is 112 cm³/mol. The lowest BCUT2D eigenvalue weighted by Crippen LogP contribution is -2.37. The molecule has 0 saturated heterocycles. The lowest BCUT2D eigenvalue weighted by Gasteiger charge is -2.23. The maximum Gasteiger partial charge on any atom is 0.408 e. The summed E-state index contributed by atoms with van der Waals surface area (Å²) in [6, 6.07) is 4.82. The first-order chi connectivity index (χ1) is 14.0. The number of hydrogen-bond acceptors (Lipinski definition) is 6. The second kappa shape index (κ2) is 7.91. The molecule has 3 aromatic rings. The number of benzene rings is 1. The molecule has 0 unspecified atom stereocenters. The number of hydrogen-bond donors (Lipinski definition) is 2. The summed E-state index contributed by atoms with van der Waals surface area (Å²) in [7, 11) is 0. The van der Waals surface area contributed by atoms with Crippen LogP contribution < -0.4 is 16.6 Å². The second-order valence-electron chi connectivity index (χ2n) is 7.68. The monoisotopic (exact) mass is 433 g/mol. The van der Waals surface area contributed by atoms with Crippen molar-refractivity contribution in [2.75, 3.05) is 5.73 Å². The molecule has 0 saturated carbocycles. The summed E-state index contributed by atoms with van der Waals surface area (Å²) in [5.41, 5.74) is 4.86. The lowest BCUT2D eigenvalue weighted by molar-refractivity contribution is 0.0505. The summed E-state index contributed by atoms with van der Waals surface area (Å²) in [5.74, 6) is -0.295. The molecule has 0 spiro atoms. The zero-order valence-electron chi connectivity index (χ0n) is 16.9. The number of aromatic nitrogens is 3. The van der Waals surface area contributed by atoms with Crippen molar-refractivity contribution in [1.82, 2.24) is 19.9 Å². The average Bonchev–Trinajstić information content (AvgIpc) is 2.63. The Morgan fingerprint density at radius 1 is 1.30 bits per heavy atom. The fourth-order valence-corrected chi connectivity index (χ4v) is 3.09. The zero-order chi connectivity index (χ0) is 22.2. The first kappa shape index (κ1) is 21.5. The molecule has 8 nitrogen and oxygen atoms in total. The molecule has 0 bridgehead atoms. The summed E-state index contributed by atoms with van der Waals surface area (Å²) < 4.78 is 20.5. The van der Waals surface area contributed by atoms with Gasteiger partial charge in [-0.15, -0.1) is 0 Å². The van der Waals surface area contributed by atoms with Crippen molar-refractivity contribution in [3.8, 4) is 5.69 Å². The summed E-state index contributed by atoms with van der Waals surface area (Å²) in [6.07, 6.45) is 0.699.